The molecule has 0 aromatic carbocycles. The Morgan fingerprint density at radius 1 is 1.42 bits per heavy atom. The Morgan fingerprint density at radius 3 is 2.74 bits per heavy atom. The van der Waals surface area contributed by atoms with Crippen molar-refractivity contribution in [3.8, 4) is 0 Å². The Labute approximate surface area is 114 Å². The summed E-state index contributed by atoms with van der Waals surface area (Å²) in [5.74, 6) is 1.61. The first-order chi connectivity index (χ1) is 9.24. The van der Waals surface area contributed by atoms with Gasteiger partial charge in [0.15, 0.2) is 5.76 Å². The van der Waals surface area contributed by atoms with Crippen LogP contribution < -0.4 is 11.1 Å². The minimum atomic E-state index is -0.138. The maximum Gasteiger partial charge on any atom is 0.287 e. The molecule has 19 heavy (non-hydrogen) atoms. The second-order valence-electron chi connectivity index (χ2n) is 5.33. The number of aryl methyl sites for hydroxylation is 1. The molecule has 0 saturated heterocycles. The smallest absolute Gasteiger partial charge is 0.287 e. The number of hydrogen-bond donors (Lipinski definition) is 2. The lowest BCUT2D eigenvalue weighted by Crippen LogP contribution is -2.45. The third kappa shape index (κ3) is 3.60. The fourth-order valence-corrected chi connectivity index (χ4v) is 2.84. The molecule has 1 unspecified atom stereocenters. The molecule has 1 aliphatic rings. The van der Waals surface area contributed by atoms with E-state index >= 15 is 0 Å². The molecular formula is C15H24N2O2. The van der Waals surface area contributed by atoms with Crippen molar-refractivity contribution >= 4 is 5.91 Å². The van der Waals surface area contributed by atoms with Crippen molar-refractivity contribution in [2.75, 3.05) is 6.54 Å². The Kier molecular flexibility index (Phi) is 5.02. The minimum Gasteiger partial charge on any atom is -0.456 e. The zero-order chi connectivity index (χ0) is 13.7. The van der Waals surface area contributed by atoms with E-state index in [-0.39, 0.29) is 11.9 Å². The van der Waals surface area contributed by atoms with E-state index in [9.17, 15) is 4.79 Å². The van der Waals surface area contributed by atoms with Gasteiger partial charge in [0, 0.05) is 19.0 Å². The Bertz CT molecular complexity index is 408. The van der Waals surface area contributed by atoms with Crippen LogP contribution >= 0.6 is 0 Å². The fraction of sp³-hybridized carbons (Fsp3) is 0.667. The van der Waals surface area contributed by atoms with Crippen molar-refractivity contribution in [1.82, 2.24) is 5.32 Å². The zero-order valence-corrected chi connectivity index (χ0v) is 11.7. The van der Waals surface area contributed by atoms with Crippen molar-refractivity contribution < 1.29 is 9.21 Å². The van der Waals surface area contributed by atoms with Gasteiger partial charge >= 0.3 is 0 Å². The Balaban J connectivity index is 1.95. The molecule has 1 amide bonds. The number of amides is 1. The van der Waals surface area contributed by atoms with Gasteiger partial charge in [-0.05, 0) is 30.9 Å². The van der Waals surface area contributed by atoms with Crippen LogP contribution in [0.1, 0.15) is 55.3 Å². The van der Waals surface area contributed by atoms with Crippen molar-refractivity contribution in [1.29, 1.82) is 0 Å². The molecular weight excluding hydrogens is 240 g/mol. The first-order valence-corrected chi connectivity index (χ1v) is 7.34. The standard InChI is InChI=1S/C15H24N2O2/c1-2-12-8-9-14(19-12)15(18)17-13(10-16)11-6-4-3-5-7-11/h8-9,11,13H,2-7,10,16H2,1H3,(H,17,18). The van der Waals surface area contributed by atoms with E-state index < -0.39 is 0 Å². The number of carbonyl (C=O) groups is 1. The predicted molar refractivity (Wildman–Crippen MR) is 75.0 cm³/mol. The highest BCUT2D eigenvalue weighted by molar-refractivity contribution is 5.91. The quantitative estimate of drug-likeness (QED) is 0.858. The van der Waals surface area contributed by atoms with E-state index in [1.807, 2.05) is 13.0 Å². The van der Waals surface area contributed by atoms with Gasteiger partial charge in [0.2, 0.25) is 0 Å². The van der Waals surface area contributed by atoms with Crippen LogP contribution in [0.5, 0.6) is 0 Å². The average molecular weight is 264 g/mol. The van der Waals surface area contributed by atoms with Crippen LogP contribution in [0.3, 0.4) is 0 Å². The molecule has 1 heterocycles. The van der Waals surface area contributed by atoms with Crippen LogP contribution in [0, 0.1) is 5.92 Å². The van der Waals surface area contributed by atoms with E-state index in [1.54, 1.807) is 6.07 Å². The summed E-state index contributed by atoms with van der Waals surface area (Å²) in [5.41, 5.74) is 5.82. The summed E-state index contributed by atoms with van der Waals surface area (Å²) in [6.07, 6.45) is 6.94. The van der Waals surface area contributed by atoms with Gasteiger partial charge < -0.3 is 15.5 Å². The number of nitrogens with two attached hydrogens (primary N) is 1. The summed E-state index contributed by atoms with van der Waals surface area (Å²) in [5, 5.41) is 3.03. The van der Waals surface area contributed by atoms with Crippen molar-refractivity contribution in [3.63, 3.8) is 0 Å². The van der Waals surface area contributed by atoms with E-state index in [0.717, 1.165) is 12.2 Å². The maximum absolute atomic E-state index is 12.1. The average Bonchev–Trinajstić information content (AvgIpc) is 2.94. The summed E-state index contributed by atoms with van der Waals surface area (Å²) >= 11 is 0. The maximum atomic E-state index is 12.1. The van der Waals surface area contributed by atoms with Crippen LogP contribution in [0.2, 0.25) is 0 Å². The molecule has 1 fully saturated rings. The molecule has 4 heteroatoms. The largest absolute Gasteiger partial charge is 0.456 e. The summed E-state index contributed by atoms with van der Waals surface area (Å²) < 4.78 is 5.47. The highest BCUT2D eigenvalue weighted by atomic mass is 16.3. The first kappa shape index (κ1) is 14.1. The highest BCUT2D eigenvalue weighted by Gasteiger charge is 2.25. The monoisotopic (exact) mass is 264 g/mol. The van der Waals surface area contributed by atoms with Gasteiger partial charge in [-0.15, -0.1) is 0 Å². The third-order valence-electron chi connectivity index (χ3n) is 4.02. The number of nitrogens with one attached hydrogen (secondary N) is 1. The number of rotatable bonds is 5. The summed E-state index contributed by atoms with van der Waals surface area (Å²) in [4.78, 5) is 12.1. The second-order valence-corrected chi connectivity index (χ2v) is 5.33. The molecule has 3 N–H and O–H groups in total. The molecule has 4 nitrogen and oxygen atoms in total. The van der Waals surface area contributed by atoms with E-state index in [2.05, 4.69) is 5.32 Å². The van der Waals surface area contributed by atoms with E-state index in [4.69, 9.17) is 10.2 Å². The van der Waals surface area contributed by atoms with Gasteiger partial charge in [0.05, 0.1) is 0 Å². The lowest BCUT2D eigenvalue weighted by atomic mass is 9.84. The summed E-state index contributed by atoms with van der Waals surface area (Å²) in [6, 6.07) is 3.67. The molecule has 1 aromatic rings. The van der Waals surface area contributed by atoms with Crippen LogP contribution in [0.4, 0.5) is 0 Å². The van der Waals surface area contributed by atoms with Gasteiger partial charge in [-0.1, -0.05) is 26.2 Å². The molecule has 1 aliphatic carbocycles. The predicted octanol–water partition coefficient (Wildman–Crippen LogP) is 2.48. The van der Waals surface area contributed by atoms with Gasteiger partial charge in [-0.3, -0.25) is 4.79 Å². The van der Waals surface area contributed by atoms with Crippen molar-refractivity contribution in [3.05, 3.63) is 23.7 Å². The second kappa shape index (κ2) is 6.75. The Hall–Kier alpha value is -1.29. The topological polar surface area (TPSA) is 68.3 Å². The summed E-state index contributed by atoms with van der Waals surface area (Å²) in [6.45, 7) is 2.50. The molecule has 0 radical (unpaired) electrons. The van der Waals surface area contributed by atoms with Crippen LogP contribution in [-0.4, -0.2) is 18.5 Å². The van der Waals surface area contributed by atoms with Crippen LogP contribution in [0.15, 0.2) is 16.5 Å². The van der Waals surface area contributed by atoms with Gasteiger partial charge in [-0.2, -0.15) is 0 Å². The molecule has 1 atom stereocenters. The molecule has 1 aromatic heterocycles. The van der Waals surface area contributed by atoms with Crippen molar-refractivity contribution in [2.45, 2.75) is 51.5 Å². The van der Waals surface area contributed by atoms with E-state index in [0.29, 0.717) is 18.2 Å². The van der Waals surface area contributed by atoms with Gasteiger partial charge in [0.1, 0.15) is 5.76 Å². The van der Waals surface area contributed by atoms with Gasteiger partial charge in [-0.25, -0.2) is 0 Å². The molecule has 106 valence electrons. The number of furan rings is 1. The van der Waals surface area contributed by atoms with Crippen LogP contribution in [0.25, 0.3) is 0 Å². The first-order valence-electron chi connectivity index (χ1n) is 7.34. The molecule has 0 aliphatic heterocycles. The number of carbonyl (C=O) groups excluding carboxylic acids is 1. The highest BCUT2D eigenvalue weighted by Crippen LogP contribution is 2.26. The van der Waals surface area contributed by atoms with Crippen LogP contribution in [-0.2, 0) is 6.42 Å². The fourth-order valence-electron chi connectivity index (χ4n) is 2.84. The lowest BCUT2D eigenvalue weighted by Gasteiger charge is -2.29. The van der Waals surface area contributed by atoms with Gasteiger partial charge in [0.25, 0.3) is 5.91 Å². The third-order valence-corrected chi connectivity index (χ3v) is 4.02. The zero-order valence-electron chi connectivity index (χ0n) is 11.7. The molecule has 2 rings (SSSR count). The van der Waals surface area contributed by atoms with Crippen molar-refractivity contribution in [2.24, 2.45) is 11.7 Å². The normalized spacial score (nSPS) is 18.2. The summed E-state index contributed by atoms with van der Waals surface area (Å²) in [7, 11) is 0. The lowest BCUT2D eigenvalue weighted by molar-refractivity contribution is 0.0885. The number of hydrogen-bond acceptors (Lipinski definition) is 3. The van der Waals surface area contributed by atoms with E-state index in [1.165, 1.54) is 32.1 Å². The molecule has 1 saturated carbocycles. The minimum absolute atomic E-state index is 0.0722. The Morgan fingerprint density at radius 2 is 2.16 bits per heavy atom. The molecule has 0 spiro atoms. The molecule has 0 bridgehead atoms. The SMILES string of the molecule is CCc1ccc(C(=O)NC(CN)C2CCCCC2)o1.